The summed E-state index contributed by atoms with van der Waals surface area (Å²) in [7, 11) is 1.44. The van der Waals surface area contributed by atoms with E-state index in [4.69, 9.17) is 4.74 Å². The summed E-state index contributed by atoms with van der Waals surface area (Å²) < 4.78 is 4.70. The van der Waals surface area contributed by atoms with E-state index in [0.717, 1.165) is 11.8 Å². The van der Waals surface area contributed by atoms with Gasteiger partial charge in [-0.15, -0.1) is 0 Å². The van der Waals surface area contributed by atoms with Gasteiger partial charge in [0.2, 0.25) is 0 Å². The van der Waals surface area contributed by atoms with Crippen molar-refractivity contribution in [1.82, 2.24) is 5.32 Å². The fourth-order valence-electron chi connectivity index (χ4n) is 2.64. The Morgan fingerprint density at radius 1 is 1.53 bits per heavy atom. The molecule has 3 heteroatoms. The Balaban J connectivity index is 2.38. The number of carbonyl (C=O) groups is 1. The second-order valence-corrected chi connectivity index (χ2v) is 4.73. The molecule has 1 fully saturated rings. The van der Waals surface area contributed by atoms with Crippen LogP contribution in [0, 0.1) is 11.8 Å². The first-order valence-electron chi connectivity index (χ1n) is 5.92. The number of carbonyl (C=O) groups excluding carboxylic acids is 1. The van der Waals surface area contributed by atoms with Gasteiger partial charge in [0.1, 0.15) is 6.04 Å². The topological polar surface area (TPSA) is 38.3 Å². The van der Waals surface area contributed by atoms with Crippen LogP contribution in [0.2, 0.25) is 0 Å². The molecular weight excluding hydrogens is 190 g/mol. The Morgan fingerprint density at radius 3 is 2.67 bits per heavy atom. The number of hydrogen-bond donors (Lipinski definition) is 1. The summed E-state index contributed by atoms with van der Waals surface area (Å²) in [5, 5.41) is 3.35. The Bertz CT molecular complexity index is 218. The number of hydrogen-bond acceptors (Lipinski definition) is 3. The molecular formula is C12H23NO2. The van der Waals surface area contributed by atoms with Gasteiger partial charge in [-0.05, 0) is 31.6 Å². The first kappa shape index (κ1) is 12.5. The maximum absolute atomic E-state index is 11.2. The summed E-state index contributed by atoms with van der Waals surface area (Å²) in [5.74, 6) is 1.42. The van der Waals surface area contributed by atoms with Crippen LogP contribution >= 0.6 is 0 Å². The first-order valence-corrected chi connectivity index (χ1v) is 5.92. The van der Waals surface area contributed by atoms with Crippen molar-refractivity contribution < 1.29 is 9.53 Å². The molecule has 2 unspecified atom stereocenters. The van der Waals surface area contributed by atoms with E-state index >= 15 is 0 Å². The van der Waals surface area contributed by atoms with Crippen LogP contribution in [-0.4, -0.2) is 25.2 Å². The molecule has 15 heavy (non-hydrogen) atoms. The molecule has 0 saturated heterocycles. The minimum atomic E-state index is -0.178. The van der Waals surface area contributed by atoms with Crippen LogP contribution in [-0.2, 0) is 9.53 Å². The highest BCUT2D eigenvalue weighted by molar-refractivity contribution is 5.75. The van der Waals surface area contributed by atoms with Crippen LogP contribution in [0.3, 0.4) is 0 Å². The smallest absolute Gasteiger partial charge is 0.322 e. The number of esters is 1. The second kappa shape index (κ2) is 5.50. The zero-order valence-electron chi connectivity index (χ0n) is 10.2. The van der Waals surface area contributed by atoms with Gasteiger partial charge < -0.3 is 10.1 Å². The van der Waals surface area contributed by atoms with E-state index in [-0.39, 0.29) is 12.0 Å². The largest absolute Gasteiger partial charge is 0.468 e. The van der Waals surface area contributed by atoms with E-state index in [9.17, 15) is 4.79 Å². The van der Waals surface area contributed by atoms with Crippen molar-refractivity contribution in [1.29, 1.82) is 0 Å². The van der Waals surface area contributed by atoms with E-state index < -0.39 is 0 Å². The lowest BCUT2D eigenvalue weighted by Gasteiger charge is -2.17. The predicted molar refractivity (Wildman–Crippen MR) is 60.6 cm³/mol. The van der Waals surface area contributed by atoms with Gasteiger partial charge in [0.15, 0.2) is 0 Å². The van der Waals surface area contributed by atoms with E-state index in [0.29, 0.717) is 6.04 Å². The van der Waals surface area contributed by atoms with Crippen molar-refractivity contribution in [3.8, 4) is 0 Å². The molecule has 0 aromatic rings. The Labute approximate surface area is 92.6 Å². The average Bonchev–Trinajstić information content (AvgIpc) is 2.57. The highest BCUT2D eigenvalue weighted by Gasteiger charge is 2.31. The summed E-state index contributed by atoms with van der Waals surface area (Å²) in [6.45, 7) is 6.42. The monoisotopic (exact) mass is 213 g/mol. The standard InChI is InChI=1S/C12H23NO2/c1-5-10-7-11(6-8(10)2)13-9(3)12(14)15-4/h8-11,13H,5-7H2,1-4H3/t8-,9?,10-,11?/m0/s1. The number of ether oxygens (including phenoxy) is 1. The van der Waals surface area contributed by atoms with Crippen LogP contribution in [0.25, 0.3) is 0 Å². The van der Waals surface area contributed by atoms with E-state index in [2.05, 4.69) is 19.2 Å². The third kappa shape index (κ3) is 3.20. The molecule has 1 rings (SSSR count). The Hall–Kier alpha value is -0.570. The maximum atomic E-state index is 11.2. The van der Waals surface area contributed by atoms with E-state index in [1.54, 1.807) is 0 Å². The van der Waals surface area contributed by atoms with Crippen LogP contribution in [0.5, 0.6) is 0 Å². The van der Waals surface area contributed by atoms with Crippen LogP contribution < -0.4 is 5.32 Å². The molecule has 1 aliphatic carbocycles. The highest BCUT2D eigenvalue weighted by atomic mass is 16.5. The van der Waals surface area contributed by atoms with Crippen molar-refractivity contribution >= 4 is 5.97 Å². The molecule has 0 heterocycles. The normalized spacial score (nSPS) is 32.7. The van der Waals surface area contributed by atoms with E-state index in [1.165, 1.54) is 26.4 Å². The van der Waals surface area contributed by atoms with Gasteiger partial charge in [0.25, 0.3) is 0 Å². The van der Waals surface area contributed by atoms with Crippen LogP contribution in [0.1, 0.15) is 40.0 Å². The zero-order valence-corrected chi connectivity index (χ0v) is 10.2. The molecule has 1 N–H and O–H groups in total. The molecule has 0 aromatic carbocycles. The van der Waals surface area contributed by atoms with E-state index in [1.807, 2.05) is 6.92 Å². The van der Waals surface area contributed by atoms with Gasteiger partial charge in [-0.1, -0.05) is 20.3 Å². The van der Waals surface area contributed by atoms with Crippen LogP contribution in [0.15, 0.2) is 0 Å². The van der Waals surface area contributed by atoms with Crippen molar-refractivity contribution in [2.24, 2.45) is 11.8 Å². The summed E-state index contributed by atoms with van der Waals surface area (Å²) in [4.78, 5) is 11.2. The quantitative estimate of drug-likeness (QED) is 0.725. The summed E-state index contributed by atoms with van der Waals surface area (Å²) in [6.07, 6.45) is 3.62. The Morgan fingerprint density at radius 2 is 2.20 bits per heavy atom. The zero-order chi connectivity index (χ0) is 11.4. The van der Waals surface area contributed by atoms with Crippen molar-refractivity contribution in [3.05, 3.63) is 0 Å². The highest BCUT2D eigenvalue weighted by Crippen LogP contribution is 2.33. The summed E-state index contributed by atoms with van der Waals surface area (Å²) >= 11 is 0. The van der Waals surface area contributed by atoms with Gasteiger partial charge in [-0.25, -0.2) is 0 Å². The number of nitrogens with one attached hydrogen (secondary N) is 1. The molecule has 4 atom stereocenters. The fourth-order valence-corrected chi connectivity index (χ4v) is 2.64. The van der Waals surface area contributed by atoms with Gasteiger partial charge in [-0.2, -0.15) is 0 Å². The van der Waals surface area contributed by atoms with Gasteiger partial charge in [-0.3, -0.25) is 4.79 Å². The average molecular weight is 213 g/mol. The maximum Gasteiger partial charge on any atom is 0.322 e. The van der Waals surface area contributed by atoms with Crippen molar-refractivity contribution in [3.63, 3.8) is 0 Å². The number of methoxy groups -OCH3 is 1. The van der Waals surface area contributed by atoms with Gasteiger partial charge >= 0.3 is 5.97 Å². The van der Waals surface area contributed by atoms with Gasteiger partial charge in [0, 0.05) is 6.04 Å². The summed E-state index contributed by atoms with van der Waals surface area (Å²) in [6, 6.07) is 0.307. The van der Waals surface area contributed by atoms with Gasteiger partial charge in [0.05, 0.1) is 7.11 Å². The minimum absolute atomic E-state index is 0.164. The van der Waals surface area contributed by atoms with Crippen molar-refractivity contribution in [2.75, 3.05) is 7.11 Å². The Kier molecular flexibility index (Phi) is 4.58. The molecule has 3 nitrogen and oxygen atoms in total. The molecule has 1 saturated carbocycles. The lowest BCUT2D eigenvalue weighted by Crippen LogP contribution is -2.40. The molecule has 0 amide bonds. The lowest BCUT2D eigenvalue weighted by atomic mass is 9.96. The molecule has 1 aliphatic rings. The molecule has 0 radical (unpaired) electrons. The predicted octanol–water partition coefficient (Wildman–Crippen LogP) is 1.96. The first-order chi connectivity index (χ1) is 7.08. The second-order valence-electron chi connectivity index (χ2n) is 4.73. The number of rotatable bonds is 4. The van der Waals surface area contributed by atoms with Crippen molar-refractivity contribution in [2.45, 2.75) is 52.1 Å². The lowest BCUT2D eigenvalue weighted by molar-refractivity contribution is -0.142. The third-order valence-electron chi connectivity index (χ3n) is 3.61. The minimum Gasteiger partial charge on any atom is -0.468 e. The molecule has 0 aromatic heterocycles. The molecule has 0 bridgehead atoms. The molecule has 0 spiro atoms. The third-order valence-corrected chi connectivity index (χ3v) is 3.61. The summed E-state index contributed by atoms with van der Waals surface area (Å²) in [5.41, 5.74) is 0. The molecule has 0 aliphatic heterocycles. The molecule has 88 valence electrons. The fraction of sp³-hybridized carbons (Fsp3) is 0.917. The SMILES string of the molecule is CC[C@H]1CC(NC(C)C(=O)OC)C[C@@H]1C. The van der Waals surface area contributed by atoms with Crippen LogP contribution in [0.4, 0.5) is 0 Å².